The Morgan fingerprint density at radius 3 is 3.05 bits per heavy atom. The Kier molecular flexibility index (Phi) is 4.81. The maximum atomic E-state index is 11.8. The van der Waals surface area contributed by atoms with Crippen LogP contribution in [-0.4, -0.2) is 32.9 Å². The fraction of sp³-hybridized carbons (Fsp3) is 0.733. The second-order valence-corrected chi connectivity index (χ2v) is 5.86. The molecule has 0 radical (unpaired) electrons. The third-order valence-corrected chi connectivity index (χ3v) is 4.36. The van der Waals surface area contributed by atoms with Gasteiger partial charge in [-0.3, -0.25) is 9.48 Å². The molecular weight excluding hydrogens is 254 g/mol. The van der Waals surface area contributed by atoms with Crippen molar-refractivity contribution in [2.75, 3.05) is 6.54 Å². The van der Waals surface area contributed by atoms with Gasteiger partial charge in [-0.15, -0.1) is 0 Å². The Morgan fingerprint density at radius 2 is 2.45 bits per heavy atom. The zero-order valence-electron chi connectivity index (χ0n) is 12.4. The molecule has 1 aromatic heterocycles. The smallest absolute Gasteiger partial charge is 0.324 e. The fourth-order valence-electron chi connectivity index (χ4n) is 3.28. The summed E-state index contributed by atoms with van der Waals surface area (Å²) in [5, 5.41) is 17.3. The van der Waals surface area contributed by atoms with Gasteiger partial charge in [0.25, 0.3) is 0 Å². The van der Waals surface area contributed by atoms with E-state index in [1.165, 1.54) is 0 Å². The van der Waals surface area contributed by atoms with Crippen LogP contribution >= 0.6 is 0 Å². The third-order valence-electron chi connectivity index (χ3n) is 4.36. The van der Waals surface area contributed by atoms with Gasteiger partial charge in [0.2, 0.25) is 0 Å². The first-order valence-corrected chi connectivity index (χ1v) is 7.56. The van der Waals surface area contributed by atoms with Crippen molar-refractivity contribution >= 4 is 5.97 Å². The van der Waals surface area contributed by atoms with Crippen molar-refractivity contribution < 1.29 is 9.90 Å². The number of aryl methyl sites for hydroxylation is 2. The van der Waals surface area contributed by atoms with E-state index in [4.69, 9.17) is 0 Å². The van der Waals surface area contributed by atoms with Gasteiger partial charge in [-0.2, -0.15) is 5.10 Å². The van der Waals surface area contributed by atoms with Crippen LogP contribution in [0.15, 0.2) is 12.4 Å². The maximum Gasteiger partial charge on any atom is 0.324 e. The molecule has 1 aromatic rings. The van der Waals surface area contributed by atoms with Gasteiger partial charge in [0.05, 0.1) is 6.20 Å². The summed E-state index contributed by atoms with van der Waals surface area (Å²) in [5.41, 5.74) is 0.420. The summed E-state index contributed by atoms with van der Waals surface area (Å²) in [7, 11) is 0. The minimum Gasteiger partial charge on any atom is -0.480 e. The molecule has 112 valence electrons. The Labute approximate surface area is 120 Å². The molecule has 1 fully saturated rings. The second-order valence-electron chi connectivity index (χ2n) is 5.86. The van der Waals surface area contributed by atoms with Gasteiger partial charge in [-0.05, 0) is 50.6 Å². The van der Waals surface area contributed by atoms with Crippen molar-refractivity contribution in [3.05, 3.63) is 18.0 Å². The number of carboxylic acid groups (broad SMARTS) is 1. The van der Waals surface area contributed by atoms with Gasteiger partial charge >= 0.3 is 5.97 Å². The van der Waals surface area contributed by atoms with E-state index < -0.39 is 11.5 Å². The zero-order chi connectivity index (χ0) is 14.6. The predicted octanol–water partition coefficient (Wildman–Crippen LogP) is 2.20. The number of hydrogen-bond acceptors (Lipinski definition) is 3. The molecule has 0 aliphatic heterocycles. The van der Waals surface area contributed by atoms with Crippen molar-refractivity contribution in [2.45, 2.75) is 58.0 Å². The van der Waals surface area contributed by atoms with Crippen molar-refractivity contribution in [1.82, 2.24) is 15.1 Å². The lowest BCUT2D eigenvalue weighted by atomic mass is 9.84. The molecular formula is C15H25N3O2. The van der Waals surface area contributed by atoms with Crippen LogP contribution in [0.2, 0.25) is 0 Å². The molecule has 1 saturated carbocycles. The lowest BCUT2D eigenvalue weighted by molar-refractivity contribution is -0.146. The first-order valence-electron chi connectivity index (χ1n) is 7.56. The molecule has 0 saturated heterocycles. The highest BCUT2D eigenvalue weighted by molar-refractivity contribution is 5.79. The van der Waals surface area contributed by atoms with E-state index in [1.54, 1.807) is 0 Å². The van der Waals surface area contributed by atoms with Crippen LogP contribution < -0.4 is 5.32 Å². The minimum absolute atomic E-state index is 0.191. The van der Waals surface area contributed by atoms with Gasteiger partial charge in [0, 0.05) is 12.7 Å². The van der Waals surface area contributed by atoms with Crippen LogP contribution in [0.3, 0.4) is 0 Å². The first kappa shape index (κ1) is 15.0. The van der Waals surface area contributed by atoms with Crippen LogP contribution in [0.25, 0.3) is 0 Å². The summed E-state index contributed by atoms with van der Waals surface area (Å²) < 4.78 is 1.92. The molecule has 0 amide bonds. The highest BCUT2D eigenvalue weighted by atomic mass is 16.4. The van der Waals surface area contributed by atoms with Crippen LogP contribution in [0, 0.1) is 12.8 Å². The normalized spacial score (nSPS) is 26.0. The van der Waals surface area contributed by atoms with Gasteiger partial charge < -0.3 is 10.4 Å². The summed E-state index contributed by atoms with van der Waals surface area (Å²) in [6.45, 7) is 5.65. The number of nitrogens with one attached hydrogen (secondary N) is 1. The van der Waals surface area contributed by atoms with Gasteiger partial charge in [0.1, 0.15) is 5.54 Å². The summed E-state index contributed by atoms with van der Waals surface area (Å²) >= 11 is 0. The molecule has 2 atom stereocenters. The molecule has 1 heterocycles. The lowest BCUT2D eigenvalue weighted by Gasteiger charge is -2.32. The molecule has 1 aliphatic rings. The van der Waals surface area contributed by atoms with Gasteiger partial charge in [-0.1, -0.05) is 13.3 Å². The first-order chi connectivity index (χ1) is 9.58. The highest BCUT2D eigenvalue weighted by Gasteiger charge is 2.48. The van der Waals surface area contributed by atoms with E-state index in [1.807, 2.05) is 24.0 Å². The number of rotatable bonds is 7. The second kappa shape index (κ2) is 6.39. The Hall–Kier alpha value is -1.36. The van der Waals surface area contributed by atoms with E-state index in [0.29, 0.717) is 0 Å². The van der Waals surface area contributed by atoms with Crippen molar-refractivity contribution in [2.24, 2.45) is 5.92 Å². The van der Waals surface area contributed by atoms with Crippen molar-refractivity contribution in [1.29, 1.82) is 0 Å². The van der Waals surface area contributed by atoms with Crippen LogP contribution in [0.1, 0.15) is 44.6 Å². The molecule has 5 nitrogen and oxygen atoms in total. The molecule has 0 bridgehead atoms. The van der Waals surface area contributed by atoms with Crippen LogP contribution in [-0.2, 0) is 11.3 Å². The topological polar surface area (TPSA) is 67.2 Å². The number of carboxylic acids is 1. The van der Waals surface area contributed by atoms with Gasteiger partial charge in [-0.25, -0.2) is 0 Å². The molecule has 0 aromatic carbocycles. The fourth-order valence-corrected chi connectivity index (χ4v) is 3.28. The number of aliphatic carboxylic acids is 1. The maximum absolute atomic E-state index is 11.8. The molecule has 0 spiro atoms. The molecule has 1 aliphatic carbocycles. The standard InChI is InChI=1S/C15H25N3O2/c1-3-8-16-15(14(19)20)7-4-5-13(15)6-9-18-11-12(2)10-17-18/h10-11,13,16H,3-9H2,1-2H3,(H,19,20). The number of carbonyl (C=O) groups is 1. The third kappa shape index (κ3) is 3.03. The molecule has 2 rings (SSSR count). The Bertz CT molecular complexity index is 458. The number of nitrogens with zero attached hydrogens (tertiary/aromatic N) is 2. The van der Waals surface area contributed by atoms with Crippen LogP contribution in [0.5, 0.6) is 0 Å². The van der Waals surface area contributed by atoms with E-state index in [-0.39, 0.29) is 5.92 Å². The highest BCUT2D eigenvalue weighted by Crippen LogP contribution is 2.38. The van der Waals surface area contributed by atoms with Crippen molar-refractivity contribution in [3.63, 3.8) is 0 Å². The average Bonchev–Trinajstić information content (AvgIpc) is 3.01. The lowest BCUT2D eigenvalue weighted by Crippen LogP contribution is -2.55. The molecule has 20 heavy (non-hydrogen) atoms. The SMILES string of the molecule is CCCNC1(C(=O)O)CCCC1CCn1cc(C)cn1. The average molecular weight is 279 g/mol. The molecule has 2 N–H and O–H groups in total. The Morgan fingerprint density at radius 1 is 1.65 bits per heavy atom. The summed E-state index contributed by atoms with van der Waals surface area (Å²) in [6.07, 6.45) is 8.40. The van der Waals surface area contributed by atoms with Crippen LogP contribution in [0.4, 0.5) is 0 Å². The van der Waals surface area contributed by atoms with E-state index in [9.17, 15) is 9.90 Å². The number of hydrogen-bond donors (Lipinski definition) is 2. The number of aromatic nitrogens is 2. The minimum atomic E-state index is -0.724. The van der Waals surface area contributed by atoms with E-state index in [2.05, 4.69) is 17.3 Å². The zero-order valence-corrected chi connectivity index (χ0v) is 12.4. The Balaban J connectivity index is 2.02. The quantitative estimate of drug-likeness (QED) is 0.803. The summed E-state index contributed by atoms with van der Waals surface area (Å²) in [5.74, 6) is -0.499. The molecule has 2 unspecified atom stereocenters. The molecule has 5 heteroatoms. The largest absolute Gasteiger partial charge is 0.480 e. The van der Waals surface area contributed by atoms with Crippen molar-refractivity contribution in [3.8, 4) is 0 Å². The predicted molar refractivity (Wildman–Crippen MR) is 77.6 cm³/mol. The summed E-state index contributed by atoms with van der Waals surface area (Å²) in [6, 6.07) is 0. The van der Waals surface area contributed by atoms with E-state index in [0.717, 1.165) is 50.8 Å². The monoisotopic (exact) mass is 279 g/mol. The van der Waals surface area contributed by atoms with Gasteiger partial charge in [0.15, 0.2) is 0 Å². The van der Waals surface area contributed by atoms with E-state index >= 15 is 0 Å². The summed E-state index contributed by atoms with van der Waals surface area (Å²) in [4.78, 5) is 11.8.